The summed E-state index contributed by atoms with van der Waals surface area (Å²) in [7, 11) is 1.27. The van der Waals surface area contributed by atoms with E-state index in [1.807, 2.05) is 18.2 Å². The Hall–Kier alpha value is -3.48. The highest BCUT2D eigenvalue weighted by Gasteiger charge is 2.42. The average Bonchev–Trinajstić information content (AvgIpc) is 3.19. The molecule has 5 amide bonds. The predicted molar refractivity (Wildman–Crippen MR) is 100 cm³/mol. The maximum atomic E-state index is 12.6. The van der Waals surface area contributed by atoms with Gasteiger partial charge in [-0.15, -0.1) is 0 Å². The second-order valence-electron chi connectivity index (χ2n) is 7.00. The second-order valence-corrected chi connectivity index (χ2v) is 7.00. The van der Waals surface area contributed by atoms with Gasteiger partial charge in [-0.3, -0.25) is 24.2 Å². The van der Waals surface area contributed by atoms with Crippen LogP contribution in [0, 0.1) is 0 Å². The fraction of sp³-hybridized carbons (Fsp3) is 0.238. The van der Waals surface area contributed by atoms with Crippen LogP contribution < -0.4 is 5.32 Å². The summed E-state index contributed by atoms with van der Waals surface area (Å²) < 4.78 is 0. The van der Waals surface area contributed by atoms with E-state index < -0.39 is 17.8 Å². The van der Waals surface area contributed by atoms with Gasteiger partial charge in [-0.25, -0.2) is 4.79 Å². The zero-order chi connectivity index (χ0) is 19.8. The number of fused-ring (bicyclic) bond motifs is 1. The second kappa shape index (κ2) is 6.92. The highest BCUT2D eigenvalue weighted by Crippen LogP contribution is 2.30. The predicted octanol–water partition coefficient (Wildman–Crippen LogP) is 2.02. The van der Waals surface area contributed by atoms with Crippen molar-refractivity contribution in [1.82, 2.24) is 15.1 Å². The smallest absolute Gasteiger partial charge is 0.334 e. The minimum absolute atomic E-state index is 0.00442. The molecule has 0 aromatic heterocycles. The van der Waals surface area contributed by atoms with Crippen LogP contribution in [0.2, 0.25) is 0 Å². The molecule has 142 valence electrons. The summed E-state index contributed by atoms with van der Waals surface area (Å²) in [5.74, 6) is -1.84. The van der Waals surface area contributed by atoms with E-state index in [2.05, 4.69) is 11.4 Å². The molecule has 1 aliphatic carbocycles. The lowest BCUT2D eigenvalue weighted by Gasteiger charge is -2.15. The highest BCUT2D eigenvalue weighted by atomic mass is 16.2. The van der Waals surface area contributed by atoms with E-state index >= 15 is 0 Å². The number of imide groups is 2. The third-order valence-electron chi connectivity index (χ3n) is 5.25. The number of nitrogens with one attached hydrogen (secondary N) is 1. The third kappa shape index (κ3) is 3.05. The zero-order valence-electron chi connectivity index (χ0n) is 15.3. The van der Waals surface area contributed by atoms with Crippen molar-refractivity contribution in [3.05, 3.63) is 70.8 Å². The molecule has 1 heterocycles. The number of hydrogen-bond acceptors (Lipinski definition) is 4. The Bertz CT molecular complexity index is 983. The first-order chi connectivity index (χ1) is 13.5. The lowest BCUT2D eigenvalue weighted by molar-refractivity contribution is -0.143. The Morgan fingerprint density at radius 1 is 1.04 bits per heavy atom. The molecular formula is C21H19N3O4. The molecule has 28 heavy (non-hydrogen) atoms. The van der Waals surface area contributed by atoms with Crippen LogP contribution in [0.1, 0.15) is 39.5 Å². The number of nitrogens with zero attached hydrogens (tertiary/aromatic N) is 2. The lowest BCUT2D eigenvalue weighted by atomic mass is 10.1. The number of urea groups is 1. The normalized spacial score (nSPS) is 18.6. The lowest BCUT2D eigenvalue weighted by Crippen LogP contribution is -2.31. The standard InChI is InChI=1S/C21H19N3O4/c1-23-19(26)20(27)24(21(23)28)12-13-6-8-15(9-7-13)18(25)22-17-11-10-14-4-2-3-5-16(14)17/h2-9,17H,10-12H2,1H3,(H,22,25)/t17-/m0/s1. The van der Waals surface area contributed by atoms with E-state index in [-0.39, 0.29) is 18.5 Å². The van der Waals surface area contributed by atoms with Crippen molar-refractivity contribution in [2.75, 3.05) is 7.05 Å². The largest absolute Gasteiger partial charge is 0.345 e. The quantitative estimate of drug-likeness (QED) is 0.652. The molecule has 1 fully saturated rings. The van der Waals surface area contributed by atoms with E-state index in [1.54, 1.807) is 24.3 Å². The van der Waals surface area contributed by atoms with Crippen LogP contribution in [0.5, 0.6) is 0 Å². The molecule has 0 saturated carbocycles. The van der Waals surface area contributed by atoms with Crippen molar-refractivity contribution < 1.29 is 19.2 Å². The van der Waals surface area contributed by atoms with E-state index in [1.165, 1.54) is 12.6 Å². The van der Waals surface area contributed by atoms with Crippen LogP contribution in [0.25, 0.3) is 0 Å². The highest BCUT2D eigenvalue weighted by molar-refractivity contribution is 6.44. The Balaban J connectivity index is 1.42. The van der Waals surface area contributed by atoms with E-state index in [9.17, 15) is 19.2 Å². The van der Waals surface area contributed by atoms with Gasteiger partial charge in [0, 0.05) is 12.6 Å². The van der Waals surface area contributed by atoms with Crippen LogP contribution in [0.3, 0.4) is 0 Å². The monoisotopic (exact) mass is 377 g/mol. The van der Waals surface area contributed by atoms with Gasteiger partial charge < -0.3 is 5.32 Å². The van der Waals surface area contributed by atoms with Gasteiger partial charge in [0.1, 0.15) is 0 Å². The summed E-state index contributed by atoms with van der Waals surface area (Å²) in [5.41, 5.74) is 3.59. The van der Waals surface area contributed by atoms with E-state index in [0.717, 1.165) is 28.2 Å². The van der Waals surface area contributed by atoms with Crippen LogP contribution in [-0.2, 0) is 22.6 Å². The minimum Gasteiger partial charge on any atom is -0.345 e. The van der Waals surface area contributed by atoms with E-state index in [0.29, 0.717) is 11.1 Å². The Kier molecular flexibility index (Phi) is 4.43. The van der Waals surface area contributed by atoms with Gasteiger partial charge in [0.25, 0.3) is 5.91 Å². The van der Waals surface area contributed by atoms with Gasteiger partial charge >= 0.3 is 17.8 Å². The van der Waals surface area contributed by atoms with Crippen molar-refractivity contribution in [2.45, 2.75) is 25.4 Å². The number of carbonyl (C=O) groups is 4. The zero-order valence-corrected chi connectivity index (χ0v) is 15.3. The van der Waals surface area contributed by atoms with Crippen molar-refractivity contribution >= 4 is 23.8 Å². The van der Waals surface area contributed by atoms with Gasteiger partial charge in [-0.2, -0.15) is 0 Å². The van der Waals surface area contributed by atoms with Crippen molar-refractivity contribution in [3.63, 3.8) is 0 Å². The van der Waals surface area contributed by atoms with Crippen LogP contribution in [-0.4, -0.2) is 40.6 Å². The first-order valence-corrected chi connectivity index (χ1v) is 9.07. The van der Waals surface area contributed by atoms with Crippen LogP contribution in [0.15, 0.2) is 48.5 Å². The van der Waals surface area contributed by atoms with Gasteiger partial charge in [-0.05, 0) is 41.7 Å². The molecule has 2 aromatic carbocycles. The maximum absolute atomic E-state index is 12.6. The number of amides is 5. The third-order valence-corrected chi connectivity index (χ3v) is 5.25. The molecule has 2 aromatic rings. The molecular weight excluding hydrogens is 358 g/mol. The summed E-state index contributed by atoms with van der Waals surface area (Å²) in [6.45, 7) is -0.00829. The molecule has 0 spiro atoms. The van der Waals surface area contributed by atoms with Gasteiger partial charge in [-0.1, -0.05) is 36.4 Å². The van der Waals surface area contributed by atoms with Crippen LogP contribution in [0.4, 0.5) is 4.79 Å². The molecule has 2 aliphatic rings. The number of benzene rings is 2. The first-order valence-electron chi connectivity index (χ1n) is 9.07. The summed E-state index contributed by atoms with van der Waals surface area (Å²) in [5, 5.41) is 3.06. The summed E-state index contributed by atoms with van der Waals surface area (Å²) in [6.07, 6.45) is 1.83. The van der Waals surface area contributed by atoms with Gasteiger partial charge in [0.2, 0.25) is 0 Å². The first kappa shape index (κ1) is 17.9. The molecule has 7 heteroatoms. The molecule has 0 radical (unpaired) electrons. The number of rotatable bonds is 4. The fourth-order valence-electron chi connectivity index (χ4n) is 3.65. The molecule has 0 bridgehead atoms. The maximum Gasteiger partial charge on any atom is 0.334 e. The average molecular weight is 377 g/mol. The SMILES string of the molecule is CN1C(=O)C(=O)N(Cc2ccc(C(=O)N[C@H]3CCc4ccccc43)cc2)C1=O. The molecule has 7 nitrogen and oxygen atoms in total. The molecule has 1 saturated heterocycles. The van der Waals surface area contributed by atoms with E-state index in [4.69, 9.17) is 0 Å². The van der Waals surface area contributed by atoms with Gasteiger partial charge in [0.05, 0.1) is 12.6 Å². The summed E-state index contributed by atoms with van der Waals surface area (Å²) in [4.78, 5) is 49.6. The molecule has 1 aliphatic heterocycles. The van der Waals surface area contributed by atoms with Crippen molar-refractivity contribution in [3.8, 4) is 0 Å². The number of hydrogen-bond donors (Lipinski definition) is 1. The van der Waals surface area contributed by atoms with Gasteiger partial charge in [0.15, 0.2) is 0 Å². The number of aryl methyl sites for hydroxylation is 1. The molecule has 4 rings (SSSR count). The summed E-state index contributed by atoms with van der Waals surface area (Å²) >= 11 is 0. The molecule has 1 N–H and O–H groups in total. The Labute approximate surface area is 161 Å². The number of likely N-dealkylation sites (N-methyl/N-ethyl adjacent to an activating group) is 1. The van der Waals surface area contributed by atoms with Crippen molar-refractivity contribution in [1.29, 1.82) is 0 Å². The fourth-order valence-corrected chi connectivity index (χ4v) is 3.65. The molecule has 0 unspecified atom stereocenters. The summed E-state index contributed by atoms with van der Waals surface area (Å²) in [6, 6.07) is 14.1. The molecule has 1 atom stereocenters. The Morgan fingerprint density at radius 3 is 2.43 bits per heavy atom. The topological polar surface area (TPSA) is 86.8 Å². The Morgan fingerprint density at radius 2 is 1.75 bits per heavy atom. The minimum atomic E-state index is -0.839. The van der Waals surface area contributed by atoms with Crippen molar-refractivity contribution in [2.24, 2.45) is 0 Å². The number of carbonyl (C=O) groups excluding carboxylic acids is 4. The van der Waals surface area contributed by atoms with Crippen LogP contribution >= 0.6 is 0 Å².